The van der Waals surface area contributed by atoms with E-state index in [1.165, 1.54) is 0 Å². The van der Waals surface area contributed by atoms with Gasteiger partial charge in [0.25, 0.3) is 0 Å². The highest BCUT2D eigenvalue weighted by molar-refractivity contribution is 5.38. The number of rotatable bonds is 0. The molecule has 0 fully saturated rings. The fourth-order valence-corrected chi connectivity index (χ4v) is 1.51. The zero-order valence-electron chi connectivity index (χ0n) is 6.98. The Kier molecular flexibility index (Phi) is 1.83. The second-order valence-electron chi connectivity index (χ2n) is 3.14. The molecule has 2 aliphatic rings. The minimum atomic E-state index is 0.0742. The fourth-order valence-electron chi connectivity index (χ4n) is 1.51. The highest BCUT2D eigenvalue weighted by Gasteiger charge is 2.18. The fraction of sp³-hybridized carbons (Fsp3) is 0.167. The van der Waals surface area contributed by atoms with E-state index in [1.54, 1.807) is 0 Å². The molecular formula is C12H12. The van der Waals surface area contributed by atoms with Crippen molar-refractivity contribution in [1.29, 1.82) is 0 Å². The summed E-state index contributed by atoms with van der Waals surface area (Å²) in [6, 6.07) is 0. The molecule has 1 spiro atoms. The van der Waals surface area contributed by atoms with Gasteiger partial charge < -0.3 is 0 Å². The topological polar surface area (TPSA) is 0 Å². The Morgan fingerprint density at radius 2 is 1.33 bits per heavy atom. The highest BCUT2D eigenvalue weighted by atomic mass is 14.2. The van der Waals surface area contributed by atoms with Gasteiger partial charge in [0.1, 0.15) is 0 Å². The van der Waals surface area contributed by atoms with Gasteiger partial charge in [0.2, 0.25) is 0 Å². The van der Waals surface area contributed by atoms with Crippen LogP contribution < -0.4 is 0 Å². The van der Waals surface area contributed by atoms with Gasteiger partial charge in [0.05, 0.1) is 0 Å². The van der Waals surface area contributed by atoms with Crippen molar-refractivity contribution in [1.82, 2.24) is 0 Å². The predicted molar refractivity (Wildman–Crippen MR) is 52.8 cm³/mol. The maximum absolute atomic E-state index is 2.24. The Labute approximate surface area is 73.3 Å². The molecule has 2 aliphatic carbocycles. The molecule has 0 amide bonds. The summed E-state index contributed by atoms with van der Waals surface area (Å²) >= 11 is 0. The van der Waals surface area contributed by atoms with Crippen LogP contribution in [-0.4, -0.2) is 0 Å². The summed E-state index contributed by atoms with van der Waals surface area (Å²) in [5.74, 6) is 0. The van der Waals surface area contributed by atoms with Crippen molar-refractivity contribution in [3.05, 3.63) is 60.8 Å². The molecule has 0 saturated heterocycles. The van der Waals surface area contributed by atoms with Gasteiger partial charge in [-0.25, -0.2) is 0 Å². The Morgan fingerprint density at radius 1 is 0.667 bits per heavy atom. The molecule has 2 rings (SSSR count). The smallest absolute Gasteiger partial charge is 0.0432 e. The van der Waals surface area contributed by atoms with Gasteiger partial charge in [0, 0.05) is 5.41 Å². The molecule has 12 heavy (non-hydrogen) atoms. The molecule has 0 radical (unpaired) electrons. The summed E-state index contributed by atoms with van der Waals surface area (Å²) in [7, 11) is 0. The molecule has 0 aliphatic heterocycles. The average Bonchev–Trinajstić information content (AvgIpc) is 2.47. The van der Waals surface area contributed by atoms with Crippen LogP contribution in [0.2, 0.25) is 0 Å². The van der Waals surface area contributed by atoms with E-state index in [-0.39, 0.29) is 5.41 Å². The second-order valence-corrected chi connectivity index (χ2v) is 3.14. The van der Waals surface area contributed by atoms with Crippen molar-refractivity contribution in [3.63, 3.8) is 0 Å². The van der Waals surface area contributed by atoms with Crippen LogP contribution in [0, 0.1) is 5.41 Å². The summed E-state index contributed by atoms with van der Waals surface area (Å²) in [4.78, 5) is 0. The minimum Gasteiger partial charge on any atom is -0.0832 e. The molecule has 0 heteroatoms. The lowest BCUT2D eigenvalue weighted by Crippen LogP contribution is -2.04. The van der Waals surface area contributed by atoms with Crippen LogP contribution in [-0.2, 0) is 0 Å². The van der Waals surface area contributed by atoms with E-state index in [0.29, 0.717) is 0 Å². The lowest BCUT2D eigenvalue weighted by Gasteiger charge is -2.15. The van der Waals surface area contributed by atoms with Crippen LogP contribution in [0.15, 0.2) is 60.8 Å². The summed E-state index contributed by atoms with van der Waals surface area (Å²) in [5, 5.41) is 0. The van der Waals surface area contributed by atoms with E-state index in [4.69, 9.17) is 0 Å². The molecule has 0 bridgehead atoms. The van der Waals surface area contributed by atoms with E-state index in [0.717, 1.165) is 6.42 Å². The Hall–Kier alpha value is -1.30. The van der Waals surface area contributed by atoms with E-state index in [9.17, 15) is 0 Å². The maximum Gasteiger partial charge on any atom is 0.0432 e. The van der Waals surface area contributed by atoms with E-state index >= 15 is 0 Å². The summed E-state index contributed by atoms with van der Waals surface area (Å²) in [6.07, 6.45) is 22.7. The third-order valence-corrected chi connectivity index (χ3v) is 2.19. The third kappa shape index (κ3) is 1.33. The van der Waals surface area contributed by atoms with Crippen LogP contribution in [0.4, 0.5) is 0 Å². The summed E-state index contributed by atoms with van der Waals surface area (Å²) in [5.41, 5.74) is 0.0742. The van der Waals surface area contributed by atoms with Gasteiger partial charge >= 0.3 is 0 Å². The van der Waals surface area contributed by atoms with Crippen LogP contribution in [0.3, 0.4) is 0 Å². The molecule has 0 aromatic heterocycles. The maximum atomic E-state index is 2.24. The van der Waals surface area contributed by atoms with Gasteiger partial charge in [-0.2, -0.15) is 0 Å². The first kappa shape index (κ1) is 7.35. The first-order valence-corrected chi connectivity index (χ1v) is 4.30. The van der Waals surface area contributed by atoms with Gasteiger partial charge in [-0.15, -0.1) is 0 Å². The van der Waals surface area contributed by atoms with Crippen molar-refractivity contribution in [2.45, 2.75) is 6.42 Å². The first-order valence-electron chi connectivity index (χ1n) is 4.30. The lowest BCUT2D eigenvalue weighted by atomic mass is 9.88. The van der Waals surface area contributed by atoms with Crippen LogP contribution in [0.5, 0.6) is 0 Å². The zero-order valence-corrected chi connectivity index (χ0v) is 6.98. The summed E-state index contributed by atoms with van der Waals surface area (Å²) in [6.45, 7) is 0. The molecule has 0 N–H and O–H groups in total. The van der Waals surface area contributed by atoms with Crippen molar-refractivity contribution in [3.8, 4) is 0 Å². The van der Waals surface area contributed by atoms with Gasteiger partial charge in [0.15, 0.2) is 0 Å². The normalized spacial score (nSPS) is 28.7. The average molecular weight is 156 g/mol. The Morgan fingerprint density at radius 3 is 2.08 bits per heavy atom. The molecule has 0 unspecified atom stereocenters. The molecule has 0 saturated carbocycles. The van der Waals surface area contributed by atoms with Gasteiger partial charge in [-0.3, -0.25) is 0 Å². The van der Waals surface area contributed by atoms with Crippen molar-refractivity contribution in [2.75, 3.05) is 0 Å². The second kappa shape index (κ2) is 2.98. The molecular weight excluding hydrogens is 144 g/mol. The molecule has 0 aromatic rings. The first-order chi connectivity index (χ1) is 5.91. The van der Waals surface area contributed by atoms with Crippen LogP contribution in [0.1, 0.15) is 6.42 Å². The highest BCUT2D eigenvalue weighted by Crippen LogP contribution is 2.30. The molecule has 0 atom stereocenters. The Balaban J connectivity index is 2.35. The zero-order chi connectivity index (χ0) is 8.28. The SMILES string of the molecule is C1=CC2(C=C1)C=CC/C=C\C=C/2. The third-order valence-electron chi connectivity index (χ3n) is 2.19. The van der Waals surface area contributed by atoms with E-state index in [1.807, 2.05) is 0 Å². The minimum absolute atomic E-state index is 0.0742. The number of allylic oxidation sites excluding steroid dienone is 10. The lowest BCUT2D eigenvalue weighted by molar-refractivity contribution is 0.828. The van der Waals surface area contributed by atoms with Gasteiger partial charge in [-0.05, 0) is 6.42 Å². The van der Waals surface area contributed by atoms with Gasteiger partial charge in [-0.1, -0.05) is 60.8 Å². The number of hydrogen-bond donors (Lipinski definition) is 0. The standard InChI is InChI=1S/C12H12/c1-2-4-8-12(9-5-3-1)10-6-7-11-12/h1-2,4-11H,3H2/b2-1-,8-4-,9-5?. The quantitative estimate of drug-likeness (QED) is 0.472. The van der Waals surface area contributed by atoms with Crippen molar-refractivity contribution < 1.29 is 0 Å². The molecule has 60 valence electrons. The van der Waals surface area contributed by atoms with Crippen molar-refractivity contribution >= 4 is 0 Å². The number of hydrogen-bond acceptors (Lipinski definition) is 0. The summed E-state index contributed by atoms with van der Waals surface area (Å²) < 4.78 is 0. The predicted octanol–water partition coefficient (Wildman–Crippen LogP) is 3.17. The Bertz CT molecular complexity index is 286. The van der Waals surface area contributed by atoms with E-state index in [2.05, 4.69) is 60.8 Å². The largest absolute Gasteiger partial charge is 0.0832 e. The van der Waals surface area contributed by atoms with Crippen LogP contribution >= 0.6 is 0 Å². The van der Waals surface area contributed by atoms with E-state index < -0.39 is 0 Å². The molecule has 0 aromatic carbocycles. The van der Waals surface area contributed by atoms with Crippen molar-refractivity contribution in [2.24, 2.45) is 5.41 Å². The molecule has 0 heterocycles. The van der Waals surface area contributed by atoms with Crippen LogP contribution in [0.25, 0.3) is 0 Å². The molecule has 0 nitrogen and oxygen atoms in total. The monoisotopic (exact) mass is 156 g/mol.